The standard InChI is InChI=1S/C20H19BrF3N3O/c1-3-19(11-5-4-6-12(21)9-11)15-13(7-10(2)8-14(15)28)25-18-16(19)17(26-27-18)20(22,23)24/h4-6,9-10,18,25H,3,7-8H2,1-2H3/t10-,18?,19+/m0/s1. The second-order valence-corrected chi connectivity index (χ2v) is 8.50. The molecule has 0 spiro atoms. The van der Waals surface area contributed by atoms with E-state index < -0.39 is 23.5 Å². The van der Waals surface area contributed by atoms with Gasteiger partial charge in [-0.2, -0.15) is 18.3 Å². The molecule has 0 amide bonds. The summed E-state index contributed by atoms with van der Waals surface area (Å²) in [6.07, 6.45) is -4.32. The number of hydrogen-bond donors (Lipinski definition) is 1. The van der Waals surface area contributed by atoms with Gasteiger partial charge in [0.25, 0.3) is 0 Å². The van der Waals surface area contributed by atoms with Crippen LogP contribution in [0.5, 0.6) is 0 Å². The molecule has 1 aliphatic carbocycles. The third kappa shape index (κ3) is 2.76. The highest BCUT2D eigenvalue weighted by Gasteiger charge is 2.56. The number of carbonyl (C=O) groups excluding carboxylic acids is 1. The number of Topliss-reactive ketones (excluding diaryl/α,β-unsaturated/α-hetero) is 1. The van der Waals surface area contributed by atoms with Gasteiger partial charge in [-0.25, -0.2) is 0 Å². The average molecular weight is 454 g/mol. The first-order valence-electron chi connectivity index (χ1n) is 9.20. The van der Waals surface area contributed by atoms with Gasteiger partial charge in [0.2, 0.25) is 0 Å². The lowest BCUT2D eigenvalue weighted by molar-refractivity contribution is -0.118. The fraction of sp³-hybridized carbons (Fsp3) is 0.450. The third-order valence-corrected chi connectivity index (χ3v) is 6.28. The van der Waals surface area contributed by atoms with Gasteiger partial charge in [-0.15, -0.1) is 5.11 Å². The monoisotopic (exact) mass is 453 g/mol. The smallest absolute Gasteiger partial charge is 0.362 e. The Morgan fingerprint density at radius 1 is 1.32 bits per heavy atom. The molecule has 0 radical (unpaired) electrons. The van der Waals surface area contributed by atoms with Crippen molar-refractivity contribution in [2.45, 2.75) is 50.9 Å². The van der Waals surface area contributed by atoms with Gasteiger partial charge in [0.05, 0.1) is 5.41 Å². The number of nitrogens with one attached hydrogen (secondary N) is 1. The van der Waals surface area contributed by atoms with E-state index in [1.165, 1.54) is 0 Å². The normalized spacial score (nSPS) is 29.7. The topological polar surface area (TPSA) is 53.8 Å². The number of carbonyl (C=O) groups is 1. The van der Waals surface area contributed by atoms with Crippen LogP contribution in [0.15, 0.2) is 61.5 Å². The molecule has 4 rings (SSSR count). The van der Waals surface area contributed by atoms with Crippen LogP contribution in [0.25, 0.3) is 0 Å². The highest BCUT2D eigenvalue weighted by Crippen LogP contribution is 2.55. The minimum Gasteiger partial charge on any atom is -0.362 e. The van der Waals surface area contributed by atoms with E-state index in [4.69, 9.17) is 0 Å². The number of ketones is 1. The zero-order chi connectivity index (χ0) is 20.3. The lowest BCUT2D eigenvalue weighted by Gasteiger charge is -2.46. The summed E-state index contributed by atoms with van der Waals surface area (Å²) in [5.41, 5.74) is -0.392. The number of nitrogens with zero attached hydrogens (tertiary/aromatic N) is 2. The molecule has 3 aliphatic rings. The summed E-state index contributed by atoms with van der Waals surface area (Å²) in [5, 5.41) is 10.5. The summed E-state index contributed by atoms with van der Waals surface area (Å²) in [6.45, 7) is 3.79. The second-order valence-electron chi connectivity index (χ2n) is 7.58. The van der Waals surface area contributed by atoms with Crippen molar-refractivity contribution in [3.8, 4) is 0 Å². The van der Waals surface area contributed by atoms with Crippen LogP contribution >= 0.6 is 15.9 Å². The van der Waals surface area contributed by atoms with E-state index in [0.29, 0.717) is 36.1 Å². The number of fused-ring (bicyclic) bond motifs is 1. The number of alkyl halides is 3. The van der Waals surface area contributed by atoms with E-state index in [9.17, 15) is 18.0 Å². The summed E-state index contributed by atoms with van der Waals surface area (Å²) in [6, 6.07) is 7.17. The number of benzene rings is 1. The minimum absolute atomic E-state index is 0.0299. The Morgan fingerprint density at radius 2 is 2.07 bits per heavy atom. The van der Waals surface area contributed by atoms with Gasteiger partial charge in [-0.3, -0.25) is 4.79 Å². The van der Waals surface area contributed by atoms with Crippen LogP contribution < -0.4 is 5.32 Å². The Bertz CT molecular complexity index is 950. The number of hydrogen-bond acceptors (Lipinski definition) is 4. The van der Waals surface area contributed by atoms with Crippen molar-refractivity contribution >= 4 is 21.7 Å². The van der Waals surface area contributed by atoms with E-state index in [-0.39, 0.29) is 17.3 Å². The largest absolute Gasteiger partial charge is 0.435 e. The summed E-state index contributed by atoms with van der Waals surface area (Å²) >= 11 is 3.42. The Kier molecular flexibility index (Phi) is 4.52. The van der Waals surface area contributed by atoms with Crippen LogP contribution in [0.1, 0.15) is 38.7 Å². The fourth-order valence-electron chi connectivity index (χ4n) is 4.76. The molecule has 0 saturated heterocycles. The van der Waals surface area contributed by atoms with Gasteiger partial charge < -0.3 is 5.32 Å². The van der Waals surface area contributed by atoms with Crippen molar-refractivity contribution in [2.24, 2.45) is 16.1 Å². The maximum atomic E-state index is 13.8. The number of allylic oxidation sites excluding steroid dienone is 3. The fourth-order valence-corrected chi connectivity index (χ4v) is 5.16. The minimum atomic E-state index is -4.65. The Labute approximate surface area is 169 Å². The molecule has 1 unspecified atom stereocenters. The summed E-state index contributed by atoms with van der Waals surface area (Å²) < 4.78 is 42.3. The Balaban J connectivity index is 2.09. The van der Waals surface area contributed by atoms with Crippen LogP contribution in [-0.4, -0.2) is 18.1 Å². The first-order valence-corrected chi connectivity index (χ1v) is 10.00. The number of rotatable bonds is 2. The van der Waals surface area contributed by atoms with Crippen LogP contribution in [-0.2, 0) is 10.2 Å². The van der Waals surface area contributed by atoms with Gasteiger partial charge in [-0.05, 0) is 36.5 Å². The van der Waals surface area contributed by atoms with Crippen molar-refractivity contribution in [3.63, 3.8) is 0 Å². The van der Waals surface area contributed by atoms with E-state index in [0.717, 1.165) is 4.47 Å². The molecule has 1 aromatic carbocycles. The molecule has 1 N–H and O–H groups in total. The Morgan fingerprint density at radius 3 is 2.71 bits per heavy atom. The molecule has 0 bridgehead atoms. The van der Waals surface area contributed by atoms with Crippen LogP contribution in [0.3, 0.4) is 0 Å². The summed E-state index contributed by atoms with van der Waals surface area (Å²) in [5.74, 6) is 0.0178. The highest BCUT2D eigenvalue weighted by molar-refractivity contribution is 9.10. The van der Waals surface area contributed by atoms with E-state index in [1.54, 1.807) is 18.2 Å². The quantitative estimate of drug-likeness (QED) is 0.636. The maximum Gasteiger partial charge on any atom is 0.435 e. The number of halogens is 4. The molecule has 2 aliphatic heterocycles. The molecule has 1 aromatic rings. The summed E-state index contributed by atoms with van der Waals surface area (Å²) in [4.78, 5) is 13.1. The van der Waals surface area contributed by atoms with E-state index in [2.05, 4.69) is 31.5 Å². The van der Waals surface area contributed by atoms with Gasteiger partial charge in [-0.1, -0.05) is 41.9 Å². The van der Waals surface area contributed by atoms with Gasteiger partial charge in [0.1, 0.15) is 0 Å². The lowest BCUT2D eigenvalue weighted by Crippen LogP contribution is -2.51. The predicted molar refractivity (Wildman–Crippen MR) is 101 cm³/mol. The van der Waals surface area contributed by atoms with Gasteiger partial charge in [0.15, 0.2) is 17.6 Å². The van der Waals surface area contributed by atoms with E-state index in [1.807, 2.05) is 19.9 Å². The van der Waals surface area contributed by atoms with Crippen LogP contribution in [0.2, 0.25) is 0 Å². The molecule has 2 heterocycles. The van der Waals surface area contributed by atoms with Crippen molar-refractivity contribution in [1.82, 2.24) is 5.32 Å². The average Bonchev–Trinajstić information content (AvgIpc) is 3.04. The van der Waals surface area contributed by atoms with Crippen molar-refractivity contribution in [2.75, 3.05) is 0 Å². The van der Waals surface area contributed by atoms with Crippen LogP contribution in [0.4, 0.5) is 13.2 Å². The molecule has 8 heteroatoms. The molecule has 3 atom stereocenters. The van der Waals surface area contributed by atoms with E-state index >= 15 is 0 Å². The first kappa shape index (κ1) is 19.4. The lowest BCUT2D eigenvalue weighted by atomic mass is 9.60. The van der Waals surface area contributed by atoms with Gasteiger partial charge in [0, 0.05) is 27.7 Å². The molecule has 28 heavy (non-hydrogen) atoms. The Hall–Kier alpha value is -1.96. The zero-order valence-corrected chi connectivity index (χ0v) is 17.0. The number of azo groups is 1. The van der Waals surface area contributed by atoms with Crippen molar-refractivity contribution in [3.05, 3.63) is 56.8 Å². The zero-order valence-electron chi connectivity index (χ0n) is 15.4. The molecule has 4 nitrogen and oxygen atoms in total. The second kappa shape index (κ2) is 6.54. The molecular weight excluding hydrogens is 435 g/mol. The molecule has 148 valence electrons. The van der Waals surface area contributed by atoms with Crippen LogP contribution in [0, 0.1) is 5.92 Å². The molecule has 0 fully saturated rings. The molecule has 0 aromatic heterocycles. The first-order chi connectivity index (χ1) is 13.2. The SMILES string of the molecule is CC[C@@]1(c2cccc(Br)c2)C2=C(C[C@H](C)CC2=O)NC2N=NC(C(F)(F)F)=C21. The van der Waals surface area contributed by atoms with Crippen molar-refractivity contribution < 1.29 is 18.0 Å². The highest BCUT2D eigenvalue weighted by atomic mass is 79.9. The van der Waals surface area contributed by atoms with Crippen molar-refractivity contribution in [1.29, 1.82) is 0 Å². The maximum absolute atomic E-state index is 13.8. The molecular formula is C20H19BrF3N3O. The summed E-state index contributed by atoms with van der Waals surface area (Å²) in [7, 11) is 0. The van der Waals surface area contributed by atoms with Gasteiger partial charge >= 0.3 is 6.18 Å². The molecule has 0 saturated carbocycles. The predicted octanol–water partition coefficient (Wildman–Crippen LogP) is 5.56. The third-order valence-electron chi connectivity index (χ3n) is 5.78.